The molecule has 0 radical (unpaired) electrons. The molecule has 0 unspecified atom stereocenters. The molecular weight excluding hydrogens is 472 g/mol. The maximum absolute atomic E-state index is 13.4. The Bertz CT molecular complexity index is 1320. The molecule has 0 aliphatic heterocycles. The van der Waals surface area contributed by atoms with Crippen LogP contribution in [0.4, 0.5) is 11.4 Å². The summed E-state index contributed by atoms with van der Waals surface area (Å²) < 4.78 is 26.7. The molecule has 0 saturated carbocycles. The average Bonchev–Trinajstić information content (AvgIpc) is 2.79. The van der Waals surface area contributed by atoms with Crippen LogP contribution in [0.3, 0.4) is 0 Å². The van der Waals surface area contributed by atoms with E-state index < -0.39 is 22.0 Å². The van der Waals surface area contributed by atoms with E-state index in [1.807, 2.05) is 19.9 Å². The predicted molar refractivity (Wildman–Crippen MR) is 137 cm³/mol. The van der Waals surface area contributed by atoms with Crippen molar-refractivity contribution in [2.24, 2.45) is 0 Å². The quantitative estimate of drug-likeness (QED) is 0.423. The molecule has 0 aliphatic carbocycles. The zero-order valence-corrected chi connectivity index (χ0v) is 21.1. The van der Waals surface area contributed by atoms with E-state index in [1.54, 1.807) is 61.5 Å². The van der Waals surface area contributed by atoms with Crippen molar-refractivity contribution < 1.29 is 18.0 Å². The van der Waals surface area contributed by atoms with Crippen molar-refractivity contribution in [2.75, 3.05) is 15.9 Å². The second-order valence-corrected chi connectivity index (χ2v) is 10.4. The highest BCUT2D eigenvalue weighted by Crippen LogP contribution is 2.28. The van der Waals surface area contributed by atoms with Crippen molar-refractivity contribution in [3.63, 3.8) is 0 Å². The predicted octanol–water partition coefficient (Wildman–Crippen LogP) is 5.37. The molecule has 34 heavy (non-hydrogen) atoms. The zero-order chi connectivity index (χ0) is 25.0. The van der Waals surface area contributed by atoms with Gasteiger partial charge in [-0.1, -0.05) is 54.9 Å². The van der Waals surface area contributed by atoms with Gasteiger partial charge in [0.25, 0.3) is 0 Å². The normalized spacial score (nSPS) is 12.1. The molecular formula is C26H27ClN2O4S. The number of amides is 1. The molecule has 0 aromatic heterocycles. The Morgan fingerprint density at radius 1 is 0.971 bits per heavy atom. The van der Waals surface area contributed by atoms with Crippen LogP contribution in [0.5, 0.6) is 0 Å². The van der Waals surface area contributed by atoms with Crippen LogP contribution >= 0.6 is 11.6 Å². The fourth-order valence-electron chi connectivity index (χ4n) is 3.70. The van der Waals surface area contributed by atoms with Gasteiger partial charge in [-0.2, -0.15) is 0 Å². The lowest BCUT2D eigenvalue weighted by Crippen LogP contribution is -2.47. The van der Waals surface area contributed by atoms with Crippen molar-refractivity contribution in [2.45, 2.75) is 33.2 Å². The van der Waals surface area contributed by atoms with Crippen molar-refractivity contribution in [1.82, 2.24) is 0 Å². The van der Waals surface area contributed by atoms with Gasteiger partial charge in [-0.3, -0.25) is 13.9 Å². The smallest absolute Gasteiger partial charge is 0.248 e. The van der Waals surface area contributed by atoms with Gasteiger partial charge in [0, 0.05) is 16.1 Å². The first-order valence-corrected chi connectivity index (χ1v) is 13.0. The summed E-state index contributed by atoms with van der Waals surface area (Å²) >= 11 is 6.14. The van der Waals surface area contributed by atoms with Gasteiger partial charge in [-0.05, 0) is 61.7 Å². The minimum atomic E-state index is -3.79. The number of ketones is 1. The highest BCUT2D eigenvalue weighted by Gasteiger charge is 2.32. The second kappa shape index (κ2) is 10.4. The lowest BCUT2D eigenvalue weighted by molar-refractivity contribution is -0.117. The summed E-state index contributed by atoms with van der Waals surface area (Å²) in [5.41, 5.74) is 3.26. The molecule has 178 valence electrons. The van der Waals surface area contributed by atoms with E-state index in [4.69, 9.17) is 11.6 Å². The number of nitrogens with zero attached hydrogens (tertiary/aromatic N) is 1. The van der Waals surface area contributed by atoms with Gasteiger partial charge >= 0.3 is 0 Å². The molecule has 0 bridgehead atoms. The monoisotopic (exact) mass is 498 g/mol. The minimum Gasteiger partial charge on any atom is -0.324 e. The highest BCUT2D eigenvalue weighted by molar-refractivity contribution is 7.92. The van der Waals surface area contributed by atoms with Crippen LogP contribution in [-0.2, 0) is 14.8 Å². The number of sulfonamides is 1. The Labute approximate surface area is 205 Å². The Hall–Kier alpha value is -3.16. The summed E-state index contributed by atoms with van der Waals surface area (Å²) in [7, 11) is -3.79. The van der Waals surface area contributed by atoms with Gasteiger partial charge in [-0.15, -0.1) is 0 Å². The molecule has 0 fully saturated rings. The fourth-order valence-corrected chi connectivity index (χ4v) is 5.07. The van der Waals surface area contributed by atoms with Gasteiger partial charge in [0.1, 0.15) is 6.04 Å². The first kappa shape index (κ1) is 25.5. The molecule has 0 spiro atoms. The van der Waals surface area contributed by atoms with Gasteiger partial charge in [0.15, 0.2) is 5.78 Å². The lowest BCUT2D eigenvalue weighted by Gasteiger charge is -2.30. The standard InChI is InChI=1S/C26H27ClN2O4S/c1-5-24(29(34(4,32)33)21-13-11-17(2)18(3)15-21)26(31)28-23-14-12-20(27)16-22(23)25(30)19-9-7-6-8-10-19/h6-16,24H,5H2,1-4H3,(H,28,31)/t24-/m1/s1. The number of aryl methyl sites for hydroxylation is 2. The zero-order valence-electron chi connectivity index (χ0n) is 19.5. The minimum absolute atomic E-state index is 0.221. The number of nitrogens with one attached hydrogen (secondary N) is 1. The average molecular weight is 499 g/mol. The first-order chi connectivity index (χ1) is 16.0. The third kappa shape index (κ3) is 5.66. The number of hydrogen-bond donors (Lipinski definition) is 1. The SMILES string of the molecule is CC[C@H](C(=O)Nc1ccc(Cl)cc1C(=O)c1ccccc1)N(c1ccc(C)c(C)c1)S(C)(=O)=O. The Balaban J connectivity index is 2.00. The van der Waals surface area contributed by atoms with Crippen molar-refractivity contribution in [3.05, 3.63) is 94.0 Å². The van der Waals surface area contributed by atoms with E-state index in [1.165, 1.54) is 6.07 Å². The molecule has 1 atom stereocenters. The third-order valence-electron chi connectivity index (χ3n) is 5.59. The molecule has 6 nitrogen and oxygen atoms in total. The Morgan fingerprint density at radius 3 is 2.24 bits per heavy atom. The molecule has 3 aromatic carbocycles. The van der Waals surface area contributed by atoms with E-state index >= 15 is 0 Å². The van der Waals surface area contributed by atoms with E-state index in [-0.39, 0.29) is 23.5 Å². The summed E-state index contributed by atoms with van der Waals surface area (Å²) in [6, 6.07) is 17.5. The molecule has 8 heteroatoms. The van der Waals surface area contributed by atoms with Gasteiger partial charge in [0.05, 0.1) is 17.6 Å². The van der Waals surface area contributed by atoms with Crippen LogP contribution in [0.1, 0.15) is 40.4 Å². The van der Waals surface area contributed by atoms with Crippen molar-refractivity contribution >= 4 is 44.7 Å². The van der Waals surface area contributed by atoms with Crippen LogP contribution in [0.2, 0.25) is 5.02 Å². The number of carbonyl (C=O) groups is 2. The van der Waals surface area contributed by atoms with Crippen LogP contribution in [0, 0.1) is 13.8 Å². The van der Waals surface area contributed by atoms with Gasteiger partial charge < -0.3 is 5.32 Å². The van der Waals surface area contributed by atoms with E-state index in [2.05, 4.69) is 5.32 Å². The van der Waals surface area contributed by atoms with Crippen LogP contribution in [0.25, 0.3) is 0 Å². The summed E-state index contributed by atoms with van der Waals surface area (Å²) in [5.74, 6) is -0.851. The fraction of sp³-hybridized carbons (Fsp3) is 0.231. The molecule has 0 saturated heterocycles. The molecule has 3 aromatic rings. The third-order valence-corrected chi connectivity index (χ3v) is 7.01. The lowest BCUT2D eigenvalue weighted by atomic mass is 10.0. The summed E-state index contributed by atoms with van der Waals surface area (Å²) in [6.07, 6.45) is 1.30. The van der Waals surface area contributed by atoms with E-state index in [9.17, 15) is 18.0 Å². The van der Waals surface area contributed by atoms with E-state index in [0.717, 1.165) is 21.7 Å². The maximum Gasteiger partial charge on any atom is 0.248 e. The maximum atomic E-state index is 13.4. The largest absolute Gasteiger partial charge is 0.324 e. The molecule has 3 rings (SSSR count). The summed E-state index contributed by atoms with van der Waals surface area (Å²) in [6.45, 7) is 5.55. The molecule has 1 N–H and O–H groups in total. The number of anilines is 2. The van der Waals surface area contributed by atoms with Crippen molar-refractivity contribution in [1.29, 1.82) is 0 Å². The summed E-state index contributed by atoms with van der Waals surface area (Å²) in [4.78, 5) is 26.5. The Kier molecular flexibility index (Phi) is 7.79. The number of halogens is 1. The van der Waals surface area contributed by atoms with Crippen LogP contribution in [0.15, 0.2) is 66.7 Å². The van der Waals surface area contributed by atoms with E-state index in [0.29, 0.717) is 16.3 Å². The van der Waals surface area contributed by atoms with Crippen LogP contribution in [-0.4, -0.2) is 32.4 Å². The number of rotatable bonds is 8. The molecule has 0 heterocycles. The number of benzene rings is 3. The summed E-state index contributed by atoms with van der Waals surface area (Å²) in [5, 5.41) is 3.11. The van der Waals surface area contributed by atoms with Crippen LogP contribution < -0.4 is 9.62 Å². The highest BCUT2D eigenvalue weighted by atomic mass is 35.5. The van der Waals surface area contributed by atoms with Crippen molar-refractivity contribution in [3.8, 4) is 0 Å². The van der Waals surface area contributed by atoms with Gasteiger partial charge in [0.2, 0.25) is 15.9 Å². The Morgan fingerprint density at radius 2 is 1.65 bits per heavy atom. The second-order valence-electron chi connectivity index (χ2n) is 8.13. The number of hydrogen-bond acceptors (Lipinski definition) is 4. The molecule has 0 aliphatic rings. The molecule has 1 amide bonds. The first-order valence-electron chi connectivity index (χ1n) is 10.8. The van der Waals surface area contributed by atoms with Gasteiger partial charge in [-0.25, -0.2) is 8.42 Å². The topological polar surface area (TPSA) is 83.6 Å². The number of carbonyl (C=O) groups excluding carboxylic acids is 2.